The van der Waals surface area contributed by atoms with Gasteiger partial charge in [-0.1, -0.05) is 5.16 Å². The Morgan fingerprint density at radius 3 is 3.06 bits per heavy atom. The van der Waals surface area contributed by atoms with E-state index in [2.05, 4.69) is 15.5 Å². The summed E-state index contributed by atoms with van der Waals surface area (Å²) in [6.45, 7) is 2.41. The van der Waals surface area contributed by atoms with Crippen molar-refractivity contribution in [3.8, 4) is 11.4 Å². The zero-order chi connectivity index (χ0) is 11.8. The van der Waals surface area contributed by atoms with Gasteiger partial charge in [-0.25, -0.2) is 0 Å². The van der Waals surface area contributed by atoms with E-state index in [-0.39, 0.29) is 12.1 Å². The predicted molar refractivity (Wildman–Crippen MR) is 58.1 cm³/mol. The van der Waals surface area contributed by atoms with Gasteiger partial charge in [0, 0.05) is 6.54 Å². The fourth-order valence-corrected chi connectivity index (χ4v) is 2.01. The summed E-state index contributed by atoms with van der Waals surface area (Å²) in [7, 11) is 0. The first-order chi connectivity index (χ1) is 8.24. The molecular formula is C11H13N3O3. The van der Waals surface area contributed by atoms with Crippen LogP contribution in [0.2, 0.25) is 0 Å². The van der Waals surface area contributed by atoms with Crippen LogP contribution in [-0.4, -0.2) is 27.9 Å². The molecular weight excluding hydrogens is 222 g/mol. The molecule has 0 bridgehead atoms. The van der Waals surface area contributed by atoms with Crippen molar-refractivity contribution in [2.75, 3.05) is 6.54 Å². The second-order valence-corrected chi connectivity index (χ2v) is 4.20. The molecule has 1 aliphatic rings. The summed E-state index contributed by atoms with van der Waals surface area (Å²) >= 11 is 0. The van der Waals surface area contributed by atoms with E-state index < -0.39 is 0 Å². The molecule has 0 saturated carbocycles. The first kappa shape index (κ1) is 10.5. The Morgan fingerprint density at radius 1 is 1.53 bits per heavy atom. The van der Waals surface area contributed by atoms with Gasteiger partial charge < -0.3 is 19.4 Å². The maximum absolute atomic E-state index is 9.43. The molecule has 0 spiro atoms. The smallest absolute Gasteiger partial charge is 0.244 e. The number of aliphatic hydroxyl groups excluding tert-OH is 1. The molecule has 1 fully saturated rings. The van der Waals surface area contributed by atoms with Gasteiger partial charge >= 0.3 is 0 Å². The molecule has 0 aliphatic carbocycles. The van der Waals surface area contributed by atoms with Gasteiger partial charge in [-0.15, -0.1) is 0 Å². The van der Waals surface area contributed by atoms with Crippen molar-refractivity contribution in [2.24, 2.45) is 0 Å². The zero-order valence-corrected chi connectivity index (χ0v) is 9.38. The van der Waals surface area contributed by atoms with Crippen LogP contribution in [0.1, 0.15) is 24.1 Å². The fraction of sp³-hybridized carbons (Fsp3) is 0.455. The van der Waals surface area contributed by atoms with Crippen molar-refractivity contribution in [3.05, 3.63) is 24.0 Å². The Hall–Kier alpha value is -1.66. The second-order valence-electron chi connectivity index (χ2n) is 4.20. The Bertz CT molecular complexity index is 520. The lowest BCUT2D eigenvalue weighted by Crippen LogP contribution is -2.15. The first-order valence-corrected chi connectivity index (χ1v) is 5.53. The highest BCUT2D eigenvalue weighted by molar-refractivity contribution is 5.56. The third-order valence-electron chi connectivity index (χ3n) is 2.95. The Balaban J connectivity index is 1.86. The van der Waals surface area contributed by atoms with Gasteiger partial charge in [0.1, 0.15) is 5.76 Å². The van der Waals surface area contributed by atoms with Crippen LogP contribution in [-0.2, 0) is 0 Å². The summed E-state index contributed by atoms with van der Waals surface area (Å²) < 4.78 is 10.4. The number of hydrogen-bond donors (Lipinski definition) is 2. The van der Waals surface area contributed by atoms with Crippen LogP contribution in [0.25, 0.3) is 11.4 Å². The topological polar surface area (TPSA) is 84.3 Å². The minimum atomic E-state index is -0.342. The predicted octanol–water partition coefficient (Wildman–Crippen LogP) is 1.03. The van der Waals surface area contributed by atoms with Crippen LogP contribution in [0.3, 0.4) is 0 Å². The Morgan fingerprint density at radius 2 is 2.41 bits per heavy atom. The van der Waals surface area contributed by atoms with Gasteiger partial charge in [0.2, 0.25) is 11.7 Å². The van der Waals surface area contributed by atoms with Crippen molar-refractivity contribution in [1.29, 1.82) is 0 Å². The summed E-state index contributed by atoms with van der Waals surface area (Å²) in [4.78, 5) is 4.32. The number of nitrogens with one attached hydrogen (secondary N) is 1. The lowest BCUT2D eigenvalue weighted by atomic mass is 10.2. The van der Waals surface area contributed by atoms with Crippen molar-refractivity contribution < 1.29 is 14.0 Å². The summed E-state index contributed by atoms with van der Waals surface area (Å²) in [5.41, 5.74) is 0.832. The van der Waals surface area contributed by atoms with Gasteiger partial charge in [0.25, 0.3) is 0 Å². The van der Waals surface area contributed by atoms with Crippen LogP contribution in [0.15, 0.2) is 21.3 Å². The van der Waals surface area contributed by atoms with E-state index in [4.69, 9.17) is 8.94 Å². The summed E-state index contributed by atoms with van der Waals surface area (Å²) in [5.74, 6) is 1.79. The molecule has 1 aliphatic heterocycles. The lowest BCUT2D eigenvalue weighted by Gasteiger charge is -2.01. The third-order valence-corrected chi connectivity index (χ3v) is 2.95. The number of nitrogens with zero attached hydrogens (tertiary/aromatic N) is 2. The monoisotopic (exact) mass is 235 g/mol. The molecule has 0 unspecified atom stereocenters. The minimum Gasteiger partial charge on any atom is -0.469 e. The fourth-order valence-electron chi connectivity index (χ4n) is 2.01. The van der Waals surface area contributed by atoms with Crippen molar-refractivity contribution in [3.63, 3.8) is 0 Å². The quantitative estimate of drug-likeness (QED) is 0.808. The van der Waals surface area contributed by atoms with Gasteiger partial charge in [-0.05, 0) is 19.4 Å². The molecule has 2 aromatic rings. The molecule has 2 N–H and O–H groups in total. The summed E-state index contributed by atoms with van der Waals surface area (Å²) in [6.07, 6.45) is 1.86. The van der Waals surface area contributed by atoms with Crippen LogP contribution in [0, 0.1) is 6.92 Å². The number of hydrogen-bond acceptors (Lipinski definition) is 6. The Kier molecular flexibility index (Phi) is 2.45. The highest BCUT2D eigenvalue weighted by atomic mass is 16.5. The van der Waals surface area contributed by atoms with E-state index in [0.717, 1.165) is 11.3 Å². The van der Waals surface area contributed by atoms with Gasteiger partial charge in [-0.3, -0.25) is 0 Å². The number of β-amino-alcohol motifs (C(OH)–C–C–N with tert-alkyl or cyclic N) is 1. The van der Waals surface area contributed by atoms with Gasteiger partial charge in [-0.2, -0.15) is 4.98 Å². The van der Waals surface area contributed by atoms with E-state index in [1.165, 1.54) is 0 Å². The average molecular weight is 235 g/mol. The third kappa shape index (κ3) is 1.85. The average Bonchev–Trinajstić information content (AvgIpc) is 2.97. The molecule has 2 atom stereocenters. The van der Waals surface area contributed by atoms with Crippen LogP contribution < -0.4 is 5.32 Å². The van der Waals surface area contributed by atoms with Crippen LogP contribution in [0.4, 0.5) is 0 Å². The van der Waals surface area contributed by atoms with E-state index in [9.17, 15) is 5.11 Å². The molecule has 6 nitrogen and oxygen atoms in total. The van der Waals surface area contributed by atoms with Crippen molar-refractivity contribution in [1.82, 2.24) is 15.5 Å². The number of aliphatic hydroxyl groups is 1. The molecule has 1 saturated heterocycles. The molecule has 0 amide bonds. The van der Waals surface area contributed by atoms with Crippen molar-refractivity contribution >= 4 is 0 Å². The summed E-state index contributed by atoms with van der Waals surface area (Å²) in [5, 5.41) is 16.5. The zero-order valence-electron chi connectivity index (χ0n) is 9.38. The highest BCUT2D eigenvalue weighted by Crippen LogP contribution is 2.26. The van der Waals surface area contributed by atoms with E-state index in [0.29, 0.717) is 24.7 Å². The van der Waals surface area contributed by atoms with Gasteiger partial charge in [0.15, 0.2) is 0 Å². The van der Waals surface area contributed by atoms with E-state index in [1.54, 1.807) is 12.3 Å². The molecule has 2 aromatic heterocycles. The van der Waals surface area contributed by atoms with Crippen molar-refractivity contribution in [2.45, 2.75) is 25.5 Å². The molecule has 6 heteroatoms. The number of furan rings is 1. The first-order valence-electron chi connectivity index (χ1n) is 5.53. The summed E-state index contributed by atoms with van der Waals surface area (Å²) in [6, 6.07) is 1.75. The van der Waals surface area contributed by atoms with E-state index in [1.807, 2.05) is 6.92 Å². The molecule has 3 rings (SSSR count). The number of aromatic nitrogens is 2. The maximum Gasteiger partial charge on any atom is 0.244 e. The van der Waals surface area contributed by atoms with Crippen LogP contribution >= 0.6 is 0 Å². The molecule has 3 heterocycles. The Labute approximate surface area is 97.6 Å². The van der Waals surface area contributed by atoms with E-state index >= 15 is 0 Å². The highest BCUT2D eigenvalue weighted by Gasteiger charge is 2.28. The maximum atomic E-state index is 9.43. The standard InChI is InChI=1S/C11H13N3O3/c1-6-8(2-3-16-6)10-13-11(17-14-10)9-4-7(15)5-12-9/h2-3,7,9,12,15H,4-5H2,1H3/t7-,9-/m0/s1. The molecule has 17 heavy (non-hydrogen) atoms. The number of rotatable bonds is 2. The normalized spacial score (nSPS) is 24.4. The second kappa shape index (κ2) is 3.97. The largest absolute Gasteiger partial charge is 0.469 e. The minimum absolute atomic E-state index is 0.0570. The van der Waals surface area contributed by atoms with Gasteiger partial charge in [0.05, 0.1) is 24.0 Å². The van der Waals surface area contributed by atoms with Crippen LogP contribution in [0.5, 0.6) is 0 Å². The lowest BCUT2D eigenvalue weighted by molar-refractivity contribution is 0.191. The molecule has 0 aromatic carbocycles. The molecule has 0 radical (unpaired) electrons. The SMILES string of the molecule is Cc1occc1-c1noc([C@@H]2C[C@H](O)CN2)n1. The number of aryl methyl sites for hydroxylation is 1. The molecule has 90 valence electrons.